The highest BCUT2D eigenvalue weighted by molar-refractivity contribution is 7.12. The minimum atomic E-state index is 0.367. The first-order chi connectivity index (χ1) is 8.24. The lowest BCUT2D eigenvalue weighted by Crippen LogP contribution is -2.34. The Morgan fingerprint density at radius 2 is 2.06 bits per heavy atom. The largest absolute Gasteiger partial charge is 0.271 e. The lowest BCUT2D eigenvalue weighted by Gasteiger charge is -2.32. The van der Waals surface area contributed by atoms with E-state index in [1.54, 1.807) is 0 Å². The Morgan fingerprint density at radius 1 is 1.35 bits per heavy atom. The van der Waals surface area contributed by atoms with Crippen LogP contribution in [0.3, 0.4) is 0 Å². The molecule has 1 fully saturated rings. The molecule has 1 aliphatic rings. The van der Waals surface area contributed by atoms with Crippen LogP contribution in [0.5, 0.6) is 0 Å². The molecule has 0 spiro atoms. The van der Waals surface area contributed by atoms with E-state index in [0.717, 1.165) is 11.8 Å². The fraction of sp³-hybridized carbons (Fsp3) is 0.714. The van der Waals surface area contributed by atoms with Gasteiger partial charge in [0.05, 0.1) is 6.04 Å². The van der Waals surface area contributed by atoms with Gasteiger partial charge in [-0.2, -0.15) is 0 Å². The average molecular weight is 252 g/mol. The van der Waals surface area contributed by atoms with Crippen molar-refractivity contribution in [2.24, 2.45) is 17.7 Å². The third-order valence-electron chi connectivity index (χ3n) is 4.19. The van der Waals surface area contributed by atoms with Gasteiger partial charge in [0, 0.05) is 9.75 Å². The minimum Gasteiger partial charge on any atom is -0.271 e. The zero-order chi connectivity index (χ0) is 12.3. The molecule has 0 saturated heterocycles. The summed E-state index contributed by atoms with van der Waals surface area (Å²) in [7, 11) is 0. The molecule has 0 aromatic carbocycles. The molecular formula is C14H24N2S. The normalized spacial score (nSPS) is 27.0. The Labute approximate surface area is 109 Å². The van der Waals surface area contributed by atoms with Crippen molar-refractivity contribution < 1.29 is 0 Å². The summed E-state index contributed by atoms with van der Waals surface area (Å²) in [5, 5.41) is 0. The predicted octanol–water partition coefficient (Wildman–Crippen LogP) is 3.78. The van der Waals surface area contributed by atoms with E-state index in [4.69, 9.17) is 5.84 Å². The molecule has 1 saturated carbocycles. The summed E-state index contributed by atoms with van der Waals surface area (Å²) >= 11 is 1.88. The first-order valence-corrected chi connectivity index (χ1v) is 7.58. The number of nitrogens with one attached hydrogen (secondary N) is 1. The van der Waals surface area contributed by atoms with Crippen LogP contribution >= 0.6 is 11.3 Å². The predicted molar refractivity (Wildman–Crippen MR) is 74.9 cm³/mol. The molecule has 1 aromatic rings. The van der Waals surface area contributed by atoms with Gasteiger partial charge in [-0.05, 0) is 43.7 Å². The van der Waals surface area contributed by atoms with Crippen LogP contribution in [-0.2, 0) is 0 Å². The second-order valence-corrected chi connectivity index (χ2v) is 6.60. The van der Waals surface area contributed by atoms with Gasteiger partial charge in [-0.1, -0.05) is 26.2 Å². The summed E-state index contributed by atoms with van der Waals surface area (Å²) in [5.41, 5.74) is 3.04. The van der Waals surface area contributed by atoms with Crippen molar-refractivity contribution in [1.82, 2.24) is 5.43 Å². The first kappa shape index (κ1) is 13.1. The molecule has 2 rings (SSSR count). The van der Waals surface area contributed by atoms with E-state index in [-0.39, 0.29) is 0 Å². The first-order valence-electron chi connectivity index (χ1n) is 6.77. The Bertz CT molecular complexity index is 340. The molecule has 0 aliphatic heterocycles. The molecule has 1 heterocycles. The Hall–Kier alpha value is -0.380. The van der Waals surface area contributed by atoms with Crippen LogP contribution in [0, 0.1) is 18.8 Å². The summed E-state index contributed by atoms with van der Waals surface area (Å²) in [5.74, 6) is 7.45. The molecule has 3 heteroatoms. The minimum absolute atomic E-state index is 0.367. The van der Waals surface area contributed by atoms with Gasteiger partial charge in [-0.15, -0.1) is 11.3 Å². The van der Waals surface area contributed by atoms with Crippen LogP contribution in [0.2, 0.25) is 0 Å². The second kappa shape index (κ2) is 5.98. The van der Waals surface area contributed by atoms with Crippen molar-refractivity contribution >= 4 is 11.3 Å². The third-order valence-corrected chi connectivity index (χ3v) is 5.27. The highest BCUT2D eigenvalue weighted by Gasteiger charge is 2.28. The van der Waals surface area contributed by atoms with Crippen LogP contribution < -0.4 is 11.3 Å². The average Bonchev–Trinajstić information content (AvgIpc) is 2.78. The molecule has 1 aliphatic carbocycles. The molecule has 17 heavy (non-hydrogen) atoms. The van der Waals surface area contributed by atoms with Gasteiger partial charge in [0.15, 0.2) is 0 Å². The van der Waals surface area contributed by atoms with Crippen molar-refractivity contribution in [3.05, 3.63) is 21.9 Å². The smallest absolute Gasteiger partial charge is 0.0581 e. The summed E-state index contributed by atoms with van der Waals surface area (Å²) in [6.07, 6.45) is 6.74. The number of rotatable bonds is 4. The fourth-order valence-electron chi connectivity index (χ4n) is 3.00. The maximum atomic E-state index is 5.77. The van der Waals surface area contributed by atoms with Gasteiger partial charge < -0.3 is 0 Å². The molecular weight excluding hydrogens is 228 g/mol. The Kier molecular flexibility index (Phi) is 4.60. The highest BCUT2D eigenvalue weighted by Crippen LogP contribution is 2.39. The number of aryl methyl sites for hydroxylation is 1. The van der Waals surface area contributed by atoms with E-state index in [9.17, 15) is 0 Å². The van der Waals surface area contributed by atoms with Crippen molar-refractivity contribution in [3.63, 3.8) is 0 Å². The van der Waals surface area contributed by atoms with Crippen molar-refractivity contribution in [3.8, 4) is 0 Å². The Morgan fingerprint density at radius 3 is 2.53 bits per heavy atom. The van der Waals surface area contributed by atoms with Crippen LogP contribution in [-0.4, -0.2) is 0 Å². The van der Waals surface area contributed by atoms with Crippen LogP contribution in [0.25, 0.3) is 0 Å². The van der Waals surface area contributed by atoms with E-state index < -0.39 is 0 Å². The molecule has 3 N–H and O–H groups in total. The lowest BCUT2D eigenvalue weighted by atomic mass is 9.77. The summed E-state index contributed by atoms with van der Waals surface area (Å²) in [6.45, 7) is 4.47. The topological polar surface area (TPSA) is 38.0 Å². The van der Waals surface area contributed by atoms with Crippen LogP contribution in [0.15, 0.2) is 12.1 Å². The maximum Gasteiger partial charge on any atom is 0.0581 e. The standard InChI is InChI=1S/C14H24N2S/c1-3-11-5-7-12(8-6-11)14(16-15)13-9-4-10(2)17-13/h4,9,11-12,14,16H,3,5-8,15H2,1-2H3. The highest BCUT2D eigenvalue weighted by atomic mass is 32.1. The maximum absolute atomic E-state index is 5.77. The SMILES string of the molecule is CCC1CCC(C(NN)c2ccc(C)s2)CC1. The Balaban J connectivity index is 2.00. The van der Waals surface area contributed by atoms with E-state index >= 15 is 0 Å². The monoisotopic (exact) mass is 252 g/mol. The van der Waals surface area contributed by atoms with Gasteiger partial charge in [-0.3, -0.25) is 11.3 Å². The van der Waals surface area contributed by atoms with E-state index in [1.165, 1.54) is 41.9 Å². The van der Waals surface area contributed by atoms with Crippen molar-refractivity contribution in [1.29, 1.82) is 0 Å². The quantitative estimate of drug-likeness (QED) is 0.632. The zero-order valence-electron chi connectivity index (χ0n) is 10.9. The van der Waals surface area contributed by atoms with Gasteiger partial charge in [-0.25, -0.2) is 0 Å². The molecule has 0 amide bonds. The zero-order valence-corrected chi connectivity index (χ0v) is 11.7. The van der Waals surface area contributed by atoms with Gasteiger partial charge in [0.2, 0.25) is 0 Å². The third kappa shape index (κ3) is 3.09. The molecule has 0 bridgehead atoms. The van der Waals surface area contributed by atoms with Gasteiger partial charge >= 0.3 is 0 Å². The van der Waals surface area contributed by atoms with Crippen molar-refractivity contribution in [2.45, 2.75) is 52.0 Å². The molecule has 2 nitrogen and oxygen atoms in total. The molecule has 1 aromatic heterocycles. The second-order valence-electron chi connectivity index (χ2n) is 5.28. The number of hydrogen-bond donors (Lipinski definition) is 2. The number of thiophene rings is 1. The summed E-state index contributed by atoms with van der Waals surface area (Å²) in [6, 6.07) is 4.80. The fourth-order valence-corrected chi connectivity index (χ4v) is 4.03. The van der Waals surface area contributed by atoms with Crippen LogP contribution in [0.4, 0.5) is 0 Å². The van der Waals surface area contributed by atoms with E-state index in [2.05, 4.69) is 31.4 Å². The molecule has 1 unspecified atom stereocenters. The molecule has 1 atom stereocenters. The van der Waals surface area contributed by atoms with Gasteiger partial charge in [0.25, 0.3) is 0 Å². The molecule has 0 radical (unpaired) electrons. The summed E-state index contributed by atoms with van der Waals surface area (Å²) < 4.78 is 0. The van der Waals surface area contributed by atoms with Crippen molar-refractivity contribution in [2.75, 3.05) is 0 Å². The molecule has 96 valence electrons. The lowest BCUT2D eigenvalue weighted by molar-refractivity contribution is 0.221. The summed E-state index contributed by atoms with van der Waals surface area (Å²) in [4.78, 5) is 2.78. The number of hydrazine groups is 1. The number of nitrogens with two attached hydrogens (primary N) is 1. The van der Waals surface area contributed by atoms with E-state index in [1.807, 2.05) is 11.3 Å². The van der Waals surface area contributed by atoms with Crippen LogP contribution in [0.1, 0.15) is 54.8 Å². The van der Waals surface area contributed by atoms with Gasteiger partial charge in [0.1, 0.15) is 0 Å². The number of hydrogen-bond acceptors (Lipinski definition) is 3. The van der Waals surface area contributed by atoms with E-state index in [0.29, 0.717) is 6.04 Å².